The highest BCUT2D eigenvalue weighted by Gasteiger charge is 2.44. The summed E-state index contributed by atoms with van der Waals surface area (Å²) >= 11 is 4.23. The van der Waals surface area contributed by atoms with Crippen LogP contribution in [0.5, 0.6) is 0 Å². The molecule has 0 amide bonds. The van der Waals surface area contributed by atoms with Gasteiger partial charge in [-0.05, 0) is 31.6 Å². The Morgan fingerprint density at radius 2 is 1.83 bits per heavy atom. The average molecular weight is 286 g/mol. The largest absolute Gasteiger partial charge is 0.537 e. The summed E-state index contributed by atoms with van der Waals surface area (Å²) < 4.78 is 17.4. The second-order valence-corrected chi connectivity index (χ2v) is 7.37. The highest BCUT2D eigenvalue weighted by Crippen LogP contribution is 2.15. The van der Waals surface area contributed by atoms with Crippen LogP contribution in [-0.4, -0.2) is 34.9 Å². The normalized spacial score (nSPS) is 13.6. The van der Waals surface area contributed by atoms with Crippen molar-refractivity contribution in [3.63, 3.8) is 0 Å². The Labute approximate surface area is 116 Å². The van der Waals surface area contributed by atoms with Crippen molar-refractivity contribution in [1.82, 2.24) is 0 Å². The predicted molar refractivity (Wildman–Crippen MR) is 79.6 cm³/mol. The smallest absolute Gasteiger partial charge is 0.373 e. The van der Waals surface area contributed by atoms with Crippen molar-refractivity contribution < 1.29 is 13.3 Å². The molecule has 1 aromatic rings. The van der Waals surface area contributed by atoms with Crippen LogP contribution in [0.15, 0.2) is 24.3 Å². The third-order valence-corrected chi connectivity index (χ3v) is 6.17. The Morgan fingerprint density at radius 3 is 2.33 bits per heavy atom. The lowest BCUT2D eigenvalue weighted by atomic mass is 10.2. The summed E-state index contributed by atoms with van der Waals surface area (Å²) in [6.45, 7) is 4.07. The standard InChI is InChI=1S/C13H22O3SSi/c1-11-7-5-6-8-13(11)18(14-3,15-4)16-12(2)9-10-17/h5-8,12,17H,9-10H2,1-4H3. The zero-order valence-corrected chi connectivity index (χ0v) is 13.4. The summed E-state index contributed by atoms with van der Waals surface area (Å²) in [5.41, 5.74) is 1.13. The lowest BCUT2D eigenvalue weighted by molar-refractivity contribution is 0.0747. The average Bonchev–Trinajstić information content (AvgIpc) is 2.37. The molecule has 0 heterocycles. The summed E-state index contributed by atoms with van der Waals surface area (Å²) in [4.78, 5) is 0. The number of benzene rings is 1. The fraction of sp³-hybridized carbons (Fsp3) is 0.538. The molecule has 0 bridgehead atoms. The van der Waals surface area contributed by atoms with Crippen LogP contribution >= 0.6 is 12.6 Å². The van der Waals surface area contributed by atoms with E-state index >= 15 is 0 Å². The number of aryl methyl sites for hydroxylation is 1. The number of hydrogen-bond donors (Lipinski definition) is 1. The molecule has 5 heteroatoms. The first kappa shape index (κ1) is 15.7. The minimum absolute atomic E-state index is 0.0636. The third kappa shape index (κ3) is 3.58. The van der Waals surface area contributed by atoms with Crippen molar-refractivity contribution in [1.29, 1.82) is 0 Å². The van der Waals surface area contributed by atoms with Crippen LogP contribution in [0.4, 0.5) is 0 Å². The molecule has 0 fully saturated rings. The minimum Gasteiger partial charge on any atom is -0.373 e. The van der Waals surface area contributed by atoms with Crippen molar-refractivity contribution in [2.24, 2.45) is 0 Å². The fourth-order valence-corrected chi connectivity index (χ4v) is 4.69. The topological polar surface area (TPSA) is 27.7 Å². The summed E-state index contributed by atoms with van der Waals surface area (Å²) in [7, 11) is 0.498. The Balaban J connectivity index is 3.03. The van der Waals surface area contributed by atoms with E-state index in [0.717, 1.165) is 22.9 Å². The van der Waals surface area contributed by atoms with E-state index in [4.69, 9.17) is 13.3 Å². The highest BCUT2D eigenvalue weighted by atomic mass is 32.1. The Kier molecular flexibility index (Phi) is 6.38. The molecule has 0 saturated heterocycles. The molecule has 0 aromatic heterocycles. The van der Waals surface area contributed by atoms with Gasteiger partial charge in [0.05, 0.1) is 0 Å². The van der Waals surface area contributed by atoms with Crippen LogP contribution in [0.1, 0.15) is 18.9 Å². The highest BCUT2D eigenvalue weighted by molar-refractivity contribution is 7.80. The van der Waals surface area contributed by atoms with Gasteiger partial charge in [0, 0.05) is 25.5 Å². The van der Waals surface area contributed by atoms with Crippen molar-refractivity contribution in [2.45, 2.75) is 26.4 Å². The quantitative estimate of drug-likeness (QED) is 0.615. The van der Waals surface area contributed by atoms with Gasteiger partial charge in [-0.2, -0.15) is 12.6 Å². The number of rotatable bonds is 7. The second-order valence-electron chi connectivity index (χ2n) is 4.22. The van der Waals surface area contributed by atoms with Gasteiger partial charge in [0.2, 0.25) is 0 Å². The Morgan fingerprint density at radius 1 is 1.22 bits per heavy atom. The van der Waals surface area contributed by atoms with E-state index in [1.54, 1.807) is 14.2 Å². The summed E-state index contributed by atoms with van der Waals surface area (Å²) in [5, 5.41) is 1.03. The molecule has 0 aliphatic carbocycles. The molecule has 0 radical (unpaired) electrons. The van der Waals surface area contributed by atoms with E-state index in [-0.39, 0.29) is 6.10 Å². The summed E-state index contributed by atoms with van der Waals surface area (Å²) in [6, 6.07) is 8.04. The van der Waals surface area contributed by atoms with Crippen LogP contribution in [0.3, 0.4) is 0 Å². The molecular weight excluding hydrogens is 264 g/mol. The van der Waals surface area contributed by atoms with Gasteiger partial charge in [0.25, 0.3) is 0 Å². The molecule has 0 saturated carbocycles. The number of thiol groups is 1. The van der Waals surface area contributed by atoms with Gasteiger partial charge < -0.3 is 13.3 Å². The van der Waals surface area contributed by atoms with Gasteiger partial charge >= 0.3 is 8.80 Å². The van der Waals surface area contributed by atoms with Crippen LogP contribution in [0, 0.1) is 6.92 Å². The summed E-state index contributed by atoms with van der Waals surface area (Å²) in [5.74, 6) is 0.785. The van der Waals surface area contributed by atoms with Crippen molar-refractivity contribution in [3.8, 4) is 0 Å². The first-order valence-corrected chi connectivity index (χ1v) is 8.40. The molecule has 0 aliphatic heterocycles. The first-order chi connectivity index (χ1) is 8.59. The van der Waals surface area contributed by atoms with Crippen molar-refractivity contribution in [3.05, 3.63) is 29.8 Å². The van der Waals surface area contributed by atoms with Gasteiger partial charge in [0.1, 0.15) is 0 Å². The molecule has 102 valence electrons. The lowest BCUT2D eigenvalue weighted by Crippen LogP contribution is -2.57. The maximum absolute atomic E-state index is 6.09. The van der Waals surface area contributed by atoms with E-state index in [2.05, 4.69) is 12.6 Å². The van der Waals surface area contributed by atoms with Crippen LogP contribution in [0.2, 0.25) is 0 Å². The van der Waals surface area contributed by atoms with Crippen LogP contribution in [0.25, 0.3) is 0 Å². The minimum atomic E-state index is -2.80. The van der Waals surface area contributed by atoms with E-state index in [1.165, 1.54) is 0 Å². The van der Waals surface area contributed by atoms with E-state index in [1.807, 2.05) is 38.1 Å². The molecular formula is C13H22O3SSi. The molecule has 0 spiro atoms. The molecule has 1 atom stereocenters. The second kappa shape index (κ2) is 7.30. The molecule has 1 unspecified atom stereocenters. The fourth-order valence-electron chi connectivity index (χ4n) is 1.88. The van der Waals surface area contributed by atoms with E-state index < -0.39 is 8.80 Å². The van der Waals surface area contributed by atoms with Gasteiger partial charge in [-0.1, -0.05) is 24.3 Å². The Hall–Kier alpha value is -0.333. The van der Waals surface area contributed by atoms with Crippen LogP contribution < -0.4 is 5.19 Å². The Bertz CT molecular complexity index is 369. The van der Waals surface area contributed by atoms with Gasteiger partial charge in [-0.3, -0.25) is 0 Å². The summed E-state index contributed by atoms with van der Waals surface area (Å²) in [6.07, 6.45) is 0.935. The lowest BCUT2D eigenvalue weighted by Gasteiger charge is -2.30. The zero-order valence-electron chi connectivity index (χ0n) is 11.5. The van der Waals surface area contributed by atoms with E-state index in [9.17, 15) is 0 Å². The molecule has 3 nitrogen and oxygen atoms in total. The van der Waals surface area contributed by atoms with Gasteiger partial charge in [-0.15, -0.1) is 0 Å². The molecule has 1 rings (SSSR count). The first-order valence-electron chi connectivity index (χ1n) is 6.04. The monoisotopic (exact) mass is 286 g/mol. The van der Waals surface area contributed by atoms with Crippen LogP contribution in [-0.2, 0) is 13.3 Å². The third-order valence-electron chi connectivity index (χ3n) is 2.90. The number of hydrogen-bond acceptors (Lipinski definition) is 4. The van der Waals surface area contributed by atoms with Crippen molar-refractivity contribution in [2.75, 3.05) is 20.0 Å². The molecule has 0 N–H and O–H groups in total. The molecule has 0 aliphatic rings. The van der Waals surface area contributed by atoms with Crippen molar-refractivity contribution >= 4 is 26.6 Å². The molecule has 18 heavy (non-hydrogen) atoms. The maximum atomic E-state index is 6.09. The van der Waals surface area contributed by atoms with Gasteiger partial charge in [-0.25, -0.2) is 0 Å². The zero-order chi connectivity index (χ0) is 13.6. The van der Waals surface area contributed by atoms with Gasteiger partial charge in [0.15, 0.2) is 0 Å². The predicted octanol–water partition coefficient (Wildman–Crippen LogP) is 2.16. The SMILES string of the molecule is CO[Si](OC)(OC(C)CCS)c1ccccc1C. The molecule has 1 aromatic carbocycles. The maximum Gasteiger partial charge on any atom is 0.537 e. The van der Waals surface area contributed by atoms with E-state index in [0.29, 0.717) is 0 Å².